The Labute approximate surface area is 149 Å². The van der Waals surface area contributed by atoms with Crippen LogP contribution in [0, 0.1) is 23.7 Å². The maximum absolute atomic E-state index is 2.79. The summed E-state index contributed by atoms with van der Waals surface area (Å²) in [5.41, 5.74) is 4.25. The molecule has 0 bridgehead atoms. The second kappa shape index (κ2) is 4.97. The highest BCUT2D eigenvalue weighted by Crippen LogP contribution is 2.74. The van der Waals surface area contributed by atoms with Crippen LogP contribution in [0.25, 0.3) is 0 Å². The average molecular weight is 353 g/mol. The molecular formula is C22H32Si2. The highest BCUT2D eigenvalue weighted by Gasteiger charge is 2.67. The second-order valence-corrected chi connectivity index (χ2v) is 20.5. The largest absolute Gasteiger partial charge is 0.0809 e. The van der Waals surface area contributed by atoms with Crippen LogP contribution in [0.2, 0.25) is 48.4 Å². The topological polar surface area (TPSA) is 0 Å². The first kappa shape index (κ1) is 15.6. The van der Waals surface area contributed by atoms with Gasteiger partial charge in [0, 0.05) is 0 Å². The van der Waals surface area contributed by atoms with Crippen molar-refractivity contribution in [3.63, 3.8) is 0 Å². The van der Waals surface area contributed by atoms with Crippen LogP contribution in [-0.2, 0) is 0 Å². The summed E-state index contributed by atoms with van der Waals surface area (Å²) in [6, 6.07) is 0. The van der Waals surface area contributed by atoms with E-state index in [1.165, 1.54) is 12.8 Å². The van der Waals surface area contributed by atoms with Crippen LogP contribution in [0.4, 0.5) is 0 Å². The van der Waals surface area contributed by atoms with E-state index in [0.717, 1.165) is 45.8 Å². The van der Waals surface area contributed by atoms with Crippen molar-refractivity contribution in [3.05, 3.63) is 48.6 Å². The highest BCUT2D eigenvalue weighted by molar-refractivity contribution is 6.91. The van der Waals surface area contributed by atoms with Crippen molar-refractivity contribution in [3.8, 4) is 0 Å². The predicted molar refractivity (Wildman–Crippen MR) is 110 cm³/mol. The van der Waals surface area contributed by atoms with Crippen LogP contribution in [0.5, 0.6) is 0 Å². The van der Waals surface area contributed by atoms with Gasteiger partial charge in [0.15, 0.2) is 0 Å². The van der Waals surface area contributed by atoms with Gasteiger partial charge in [0.2, 0.25) is 0 Å². The molecule has 2 saturated carbocycles. The average Bonchev–Trinajstić information content (AvgIpc) is 3.14. The molecule has 8 atom stereocenters. The van der Waals surface area contributed by atoms with E-state index in [2.05, 4.69) is 74.8 Å². The van der Waals surface area contributed by atoms with E-state index in [-0.39, 0.29) is 0 Å². The van der Waals surface area contributed by atoms with Crippen LogP contribution in [0.3, 0.4) is 0 Å². The first-order valence-corrected chi connectivity index (χ1v) is 16.4. The Hall–Kier alpha value is -0.606. The third kappa shape index (κ3) is 1.85. The molecule has 8 unspecified atom stereocenters. The van der Waals surface area contributed by atoms with Crippen LogP contribution < -0.4 is 0 Å². The molecule has 5 rings (SSSR count). The lowest BCUT2D eigenvalue weighted by Crippen LogP contribution is -2.57. The van der Waals surface area contributed by atoms with Gasteiger partial charge in [-0.05, 0) is 58.7 Å². The van der Waals surface area contributed by atoms with Crippen LogP contribution in [0.15, 0.2) is 48.6 Å². The van der Waals surface area contributed by atoms with E-state index in [9.17, 15) is 0 Å². The van der Waals surface area contributed by atoms with Gasteiger partial charge in [0.25, 0.3) is 0 Å². The quantitative estimate of drug-likeness (QED) is 0.441. The Morgan fingerprint density at radius 1 is 0.583 bits per heavy atom. The number of rotatable bonds is 0. The fraction of sp³-hybridized carbons (Fsp3) is 0.636. The molecule has 0 aromatic carbocycles. The van der Waals surface area contributed by atoms with Gasteiger partial charge in [-0.3, -0.25) is 0 Å². The van der Waals surface area contributed by atoms with E-state index < -0.39 is 16.1 Å². The van der Waals surface area contributed by atoms with Crippen LogP contribution >= 0.6 is 0 Å². The third-order valence-electron chi connectivity index (χ3n) is 8.97. The third-order valence-corrected chi connectivity index (χ3v) is 19.7. The van der Waals surface area contributed by atoms with E-state index in [0.29, 0.717) is 0 Å². The summed E-state index contributed by atoms with van der Waals surface area (Å²) in [7, 11) is -2.51. The highest BCUT2D eigenvalue weighted by atomic mass is 28.3. The predicted octanol–water partition coefficient (Wildman–Crippen LogP) is 6.42. The lowest BCUT2D eigenvalue weighted by Gasteiger charge is -2.57. The number of hydrogen-bond donors (Lipinski definition) is 0. The van der Waals surface area contributed by atoms with E-state index in [4.69, 9.17) is 0 Å². The lowest BCUT2D eigenvalue weighted by atomic mass is 9.91. The minimum atomic E-state index is -1.29. The molecule has 5 aliphatic rings. The summed E-state index contributed by atoms with van der Waals surface area (Å²) in [4.78, 5) is 0. The summed E-state index contributed by atoms with van der Waals surface area (Å²) in [5.74, 6) is 3.47. The molecule has 0 amide bonds. The van der Waals surface area contributed by atoms with Gasteiger partial charge in [0.1, 0.15) is 0 Å². The maximum atomic E-state index is 2.79. The molecule has 0 aromatic rings. The molecule has 0 aromatic heterocycles. The van der Waals surface area contributed by atoms with Crippen LogP contribution in [0.1, 0.15) is 12.8 Å². The zero-order chi connectivity index (χ0) is 16.7. The first-order valence-electron chi connectivity index (χ1n) is 10.1. The molecule has 1 heterocycles. The summed E-state index contributed by atoms with van der Waals surface area (Å²) in [6.45, 7) is 11.1. The monoisotopic (exact) mass is 352 g/mol. The molecule has 3 fully saturated rings. The standard InChI is InChI=1S/C22H32Si2/c1-23(2)19-13-15-9-5-7-11-17(15)21(19)24(3,4)22-18-12-8-6-10-16(18)14-20(22)23/h5-12,15-22H,13-14H2,1-4H3. The van der Waals surface area contributed by atoms with Gasteiger partial charge in [-0.25, -0.2) is 0 Å². The molecular weight excluding hydrogens is 320 g/mol. The summed E-state index contributed by atoms with van der Waals surface area (Å²) < 4.78 is 0. The minimum absolute atomic E-state index is 0.861. The van der Waals surface area contributed by atoms with E-state index in [1.54, 1.807) is 0 Å². The molecule has 1 saturated heterocycles. The molecule has 0 nitrogen and oxygen atoms in total. The fourth-order valence-electron chi connectivity index (χ4n) is 8.06. The lowest BCUT2D eigenvalue weighted by molar-refractivity contribution is 0.513. The van der Waals surface area contributed by atoms with Crippen molar-refractivity contribution in [1.29, 1.82) is 0 Å². The SMILES string of the molecule is C[Si]1(C)C2CC3C=CC=CC3C2[Si](C)(C)C2C3C=CC=CC3CC21. The van der Waals surface area contributed by atoms with Gasteiger partial charge < -0.3 is 0 Å². The smallest absolute Gasteiger partial charge is 0.0547 e. The zero-order valence-electron chi connectivity index (χ0n) is 15.7. The van der Waals surface area contributed by atoms with Crippen molar-refractivity contribution in [2.75, 3.05) is 0 Å². The Kier molecular flexibility index (Phi) is 3.24. The van der Waals surface area contributed by atoms with Crippen molar-refractivity contribution < 1.29 is 0 Å². The van der Waals surface area contributed by atoms with Crippen molar-refractivity contribution in [2.24, 2.45) is 23.7 Å². The Morgan fingerprint density at radius 3 is 1.46 bits per heavy atom. The second-order valence-electron chi connectivity index (χ2n) is 10.4. The molecule has 128 valence electrons. The van der Waals surface area contributed by atoms with E-state index >= 15 is 0 Å². The molecule has 1 aliphatic heterocycles. The van der Waals surface area contributed by atoms with Gasteiger partial charge in [-0.1, -0.05) is 74.8 Å². The Balaban J connectivity index is 1.62. The number of hydrogen-bond acceptors (Lipinski definition) is 0. The van der Waals surface area contributed by atoms with Gasteiger partial charge in [0.05, 0.1) is 16.1 Å². The van der Waals surface area contributed by atoms with Gasteiger partial charge in [-0.2, -0.15) is 0 Å². The first-order chi connectivity index (χ1) is 11.4. The van der Waals surface area contributed by atoms with Crippen molar-refractivity contribution in [1.82, 2.24) is 0 Å². The summed E-state index contributed by atoms with van der Waals surface area (Å²) >= 11 is 0. The van der Waals surface area contributed by atoms with Gasteiger partial charge in [-0.15, -0.1) is 0 Å². The maximum Gasteiger partial charge on any atom is 0.0547 e. The molecule has 0 radical (unpaired) electrons. The summed E-state index contributed by atoms with van der Waals surface area (Å²) in [6.07, 6.45) is 22.7. The fourth-order valence-corrected chi connectivity index (χ4v) is 23.3. The number of fused-ring (bicyclic) bond motifs is 6. The molecule has 4 aliphatic carbocycles. The van der Waals surface area contributed by atoms with Crippen molar-refractivity contribution in [2.45, 2.75) is 61.2 Å². The normalized spacial score (nSPS) is 51.8. The molecule has 2 heteroatoms. The summed E-state index contributed by atoms with van der Waals surface area (Å²) in [5, 5.41) is 0. The molecule has 0 N–H and O–H groups in total. The molecule has 0 spiro atoms. The Bertz CT molecular complexity index is 611. The van der Waals surface area contributed by atoms with E-state index in [1.807, 2.05) is 0 Å². The zero-order valence-corrected chi connectivity index (χ0v) is 17.7. The minimum Gasteiger partial charge on any atom is -0.0809 e. The van der Waals surface area contributed by atoms with Crippen molar-refractivity contribution >= 4 is 16.1 Å². The Morgan fingerprint density at radius 2 is 1.00 bits per heavy atom. The number of allylic oxidation sites excluding steroid dienone is 8. The molecule has 24 heavy (non-hydrogen) atoms. The van der Waals surface area contributed by atoms with Gasteiger partial charge >= 0.3 is 0 Å². The van der Waals surface area contributed by atoms with Crippen LogP contribution in [-0.4, -0.2) is 16.1 Å².